The number of hydrogen-bond acceptors (Lipinski definition) is 4. The molecule has 6 nitrogen and oxygen atoms in total. The second-order valence-corrected chi connectivity index (χ2v) is 13.3. The van der Waals surface area contributed by atoms with Gasteiger partial charge in [0, 0.05) is 25.6 Å². The molecule has 2 amide bonds. The summed E-state index contributed by atoms with van der Waals surface area (Å²) in [5.74, 6) is 3.63. The van der Waals surface area contributed by atoms with Gasteiger partial charge in [0.15, 0.2) is 0 Å². The summed E-state index contributed by atoms with van der Waals surface area (Å²) in [5.41, 5.74) is 2.21. The van der Waals surface area contributed by atoms with Crippen molar-refractivity contribution in [2.24, 2.45) is 46.3 Å². The third kappa shape index (κ3) is 4.39. The minimum Gasteiger partial charge on any atom is -0.453 e. The molecule has 0 aromatic carbocycles. The minimum absolute atomic E-state index is 0.00145. The molecule has 1 saturated heterocycles. The predicted octanol–water partition coefficient (Wildman–Crippen LogP) is 5.16. The zero-order chi connectivity index (χ0) is 25.7. The van der Waals surface area contributed by atoms with Crippen molar-refractivity contribution in [2.45, 2.75) is 91.1 Å². The van der Waals surface area contributed by atoms with Crippen molar-refractivity contribution in [1.82, 2.24) is 10.2 Å². The first kappa shape index (κ1) is 26.1. The maximum atomic E-state index is 12.9. The highest BCUT2D eigenvalue weighted by molar-refractivity contribution is 5.79. The molecule has 3 saturated carbocycles. The van der Waals surface area contributed by atoms with E-state index in [0.717, 1.165) is 43.6 Å². The van der Waals surface area contributed by atoms with Crippen LogP contribution in [0.1, 0.15) is 85.0 Å². The van der Waals surface area contributed by atoms with E-state index >= 15 is 0 Å². The molecule has 202 valence electrons. The molecule has 0 spiro atoms. The number of fused-ring (bicyclic) bond motifs is 5. The molecule has 0 bridgehead atoms. The number of aliphatic hydroxyl groups excluding tert-OH is 1. The van der Waals surface area contributed by atoms with Crippen LogP contribution in [-0.4, -0.2) is 54.9 Å². The Morgan fingerprint density at radius 1 is 1.11 bits per heavy atom. The van der Waals surface area contributed by atoms with E-state index in [1.165, 1.54) is 39.2 Å². The van der Waals surface area contributed by atoms with Crippen LogP contribution in [0, 0.1) is 46.3 Å². The van der Waals surface area contributed by atoms with Crippen LogP contribution in [0.4, 0.5) is 4.79 Å². The number of nitrogens with one attached hydrogen (secondary N) is 1. The Bertz CT molecular complexity index is 880. The Kier molecular flexibility index (Phi) is 7.21. The topological polar surface area (TPSA) is 78.9 Å². The van der Waals surface area contributed by atoms with Gasteiger partial charge < -0.3 is 20.1 Å². The monoisotopic (exact) mass is 500 g/mol. The highest BCUT2D eigenvalue weighted by atomic mass is 16.5. The average Bonchev–Trinajstić information content (AvgIpc) is 3.24. The van der Waals surface area contributed by atoms with E-state index in [-0.39, 0.29) is 24.0 Å². The molecule has 0 aromatic rings. The van der Waals surface area contributed by atoms with E-state index in [1.54, 1.807) is 10.5 Å². The quantitative estimate of drug-likeness (QED) is 0.523. The largest absolute Gasteiger partial charge is 0.453 e. The van der Waals surface area contributed by atoms with Crippen molar-refractivity contribution in [3.8, 4) is 0 Å². The van der Waals surface area contributed by atoms with Gasteiger partial charge in [-0.2, -0.15) is 0 Å². The zero-order valence-electron chi connectivity index (χ0n) is 22.9. The van der Waals surface area contributed by atoms with Gasteiger partial charge in [0.2, 0.25) is 5.91 Å². The number of carbonyl (C=O) groups is 2. The Hall–Kier alpha value is -1.56. The van der Waals surface area contributed by atoms with Crippen LogP contribution >= 0.6 is 0 Å². The van der Waals surface area contributed by atoms with Crippen molar-refractivity contribution < 1.29 is 19.4 Å². The zero-order valence-corrected chi connectivity index (χ0v) is 22.9. The van der Waals surface area contributed by atoms with Gasteiger partial charge in [-0.1, -0.05) is 32.4 Å². The van der Waals surface area contributed by atoms with Gasteiger partial charge in [-0.05, 0) is 105 Å². The molecule has 2 N–H and O–H groups in total. The van der Waals surface area contributed by atoms with E-state index in [4.69, 9.17) is 4.74 Å². The van der Waals surface area contributed by atoms with Gasteiger partial charge in [0.25, 0.3) is 0 Å². The number of allylic oxidation sites excluding steroid dienone is 1. The molecule has 4 aliphatic carbocycles. The third-order valence-corrected chi connectivity index (χ3v) is 11.7. The summed E-state index contributed by atoms with van der Waals surface area (Å²) in [7, 11) is 1.41. The summed E-state index contributed by atoms with van der Waals surface area (Å²) in [6, 6.07) is 0. The Balaban J connectivity index is 1.18. The third-order valence-electron chi connectivity index (χ3n) is 11.7. The van der Waals surface area contributed by atoms with E-state index in [2.05, 4.69) is 32.2 Å². The number of aliphatic hydroxyl groups is 1. The Labute approximate surface area is 217 Å². The minimum atomic E-state index is -0.291. The lowest BCUT2D eigenvalue weighted by molar-refractivity contribution is -0.126. The smallest absolute Gasteiger partial charge is 0.409 e. The summed E-state index contributed by atoms with van der Waals surface area (Å²) in [6.45, 7) is 9.38. The number of nitrogens with zero attached hydrogens (tertiary/aromatic N) is 1. The molecule has 6 heteroatoms. The second kappa shape index (κ2) is 9.96. The Morgan fingerprint density at radius 2 is 1.86 bits per heavy atom. The first-order chi connectivity index (χ1) is 17.2. The maximum Gasteiger partial charge on any atom is 0.409 e. The van der Waals surface area contributed by atoms with Crippen molar-refractivity contribution in [1.29, 1.82) is 0 Å². The summed E-state index contributed by atoms with van der Waals surface area (Å²) < 4.78 is 4.82. The van der Waals surface area contributed by atoms with Crippen molar-refractivity contribution in [3.63, 3.8) is 0 Å². The molecule has 36 heavy (non-hydrogen) atoms. The van der Waals surface area contributed by atoms with Crippen LogP contribution in [0.5, 0.6) is 0 Å². The molecule has 1 heterocycles. The SMILES string of the molecule is COC(=O)N1CCC(C(=O)NC[C@@H](C)[C@H]2CC[C@H]3[C@@H]4CC=C5C[C@@H](O)CC[C@]5(C)[C@H]4CC[C@]23C)CC1. The van der Waals surface area contributed by atoms with Crippen LogP contribution in [0.15, 0.2) is 11.6 Å². The van der Waals surface area contributed by atoms with Crippen molar-refractivity contribution in [3.05, 3.63) is 11.6 Å². The molecule has 5 rings (SSSR count). The predicted molar refractivity (Wildman–Crippen MR) is 140 cm³/mol. The Morgan fingerprint density at radius 3 is 2.58 bits per heavy atom. The molecule has 1 aliphatic heterocycles. The van der Waals surface area contributed by atoms with Gasteiger partial charge in [-0.25, -0.2) is 4.79 Å². The van der Waals surface area contributed by atoms with Crippen LogP contribution in [-0.2, 0) is 9.53 Å². The first-order valence-corrected chi connectivity index (χ1v) is 14.7. The number of hydrogen-bond donors (Lipinski definition) is 2. The molecule has 0 radical (unpaired) electrons. The van der Waals surface area contributed by atoms with Gasteiger partial charge >= 0.3 is 6.09 Å². The van der Waals surface area contributed by atoms with Gasteiger partial charge in [-0.3, -0.25) is 4.79 Å². The summed E-state index contributed by atoms with van der Waals surface area (Å²) >= 11 is 0. The molecular weight excluding hydrogens is 452 g/mol. The number of likely N-dealkylation sites (tertiary alicyclic amines) is 1. The van der Waals surface area contributed by atoms with E-state index in [1.807, 2.05) is 0 Å². The fourth-order valence-electron chi connectivity index (χ4n) is 9.62. The van der Waals surface area contributed by atoms with E-state index < -0.39 is 0 Å². The van der Waals surface area contributed by atoms with Gasteiger partial charge in [0.05, 0.1) is 13.2 Å². The highest BCUT2D eigenvalue weighted by Gasteiger charge is 2.59. The molecule has 4 fully saturated rings. The summed E-state index contributed by atoms with van der Waals surface area (Å²) in [4.78, 5) is 26.4. The number of carbonyl (C=O) groups excluding carboxylic acids is 2. The van der Waals surface area contributed by atoms with Crippen LogP contribution < -0.4 is 5.32 Å². The first-order valence-electron chi connectivity index (χ1n) is 14.7. The van der Waals surface area contributed by atoms with Crippen molar-refractivity contribution in [2.75, 3.05) is 26.7 Å². The number of amides is 2. The second-order valence-electron chi connectivity index (χ2n) is 13.3. The standard InChI is InChI=1S/C30H48N2O4/c1-19(18-31-27(34)20-11-15-32(16-12-20)28(35)36-4)24-7-8-25-23-6-5-21-17-22(33)9-13-29(21,2)26(23)10-14-30(24,25)3/h5,19-20,22-26,33H,6-18H2,1-4H3,(H,31,34)/t19-,22+,23+,24-,25+,26+,29+,30-/m1/s1. The average molecular weight is 501 g/mol. The lowest BCUT2D eigenvalue weighted by atomic mass is 9.47. The molecule has 8 atom stereocenters. The number of piperidine rings is 1. The molecule has 0 aromatic heterocycles. The van der Waals surface area contributed by atoms with E-state index in [0.29, 0.717) is 48.6 Å². The summed E-state index contributed by atoms with van der Waals surface area (Å²) in [6.07, 6.45) is 13.0. The van der Waals surface area contributed by atoms with Crippen molar-refractivity contribution >= 4 is 12.0 Å². The number of rotatable bonds is 4. The van der Waals surface area contributed by atoms with E-state index in [9.17, 15) is 14.7 Å². The molecular formula is C30H48N2O4. The lowest BCUT2D eigenvalue weighted by Crippen LogP contribution is -2.51. The van der Waals surface area contributed by atoms with Crippen LogP contribution in [0.3, 0.4) is 0 Å². The maximum absolute atomic E-state index is 12.9. The fourth-order valence-corrected chi connectivity index (χ4v) is 9.62. The van der Waals surface area contributed by atoms with Crippen LogP contribution in [0.2, 0.25) is 0 Å². The summed E-state index contributed by atoms with van der Waals surface area (Å²) in [5, 5.41) is 13.6. The fraction of sp³-hybridized carbons (Fsp3) is 0.867. The molecule has 0 unspecified atom stereocenters. The molecule has 5 aliphatic rings. The highest BCUT2D eigenvalue weighted by Crippen LogP contribution is 2.67. The van der Waals surface area contributed by atoms with Gasteiger partial charge in [-0.15, -0.1) is 0 Å². The number of ether oxygens (including phenoxy) is 1. The van der Waals surface area contributed by atoms with Crippen LogP contribution in [0.25, 0.3) is 0 Å². The lowest BCUT2D eigenvalue weighted by Gasteiger charge is -2.58. The van der Waals surface area contributed by atoms with Gasteiger partial charge in [0.1, 0.15) is 0 Å². The normalized spacial score (nSPS) is 41.4. The number of methoxy groups -OCH3 is 1.